The van der Waals surface area contributed by atoms with Crippen molar-refractivity contribution in [1.82, 2.24) is 0 Å². The molecule has 3 heteroatoms. The summed E-state index contributed by atoms with van der Waals surface area (Å²) in [5, 5.41) is 2.23. The van der Waals surface area contributed by atoms with E-state index in [0.717, 1.165) is 6.42 Å². The van der Waals surface area contributed by atoms with Gasteiger partial charge in [-0.1, -0.05) is 46.3 Å². The minimum absolute atomic E-state index is 0.430. The van der Waals surface area contributed by atoms with Gasteiger partial charge in [-0.15, -0.1) is 11.3 Å². The summed E-state index contributed by atoms with van der Waals surface area (Å²) in [5.41, 5.74) is 2.76. The number of alkyl halides is 1. The number of hydrogen-bond donors (Lipinski definition) is 0. The molecule has 78 valence electrons. The smallest absolute Gasteiger partial charge is 0.0656 e. The second-order valence-electron chi connectivity index (χ2n) is 3.34. The van der Waals surface area contributed by atoms with E-state index in [1.165, 1.54) is 14.0 Å². The summed E-state index contributed by atoms with van der Waals surface area (Å²) in [4.78, 5) is 0.430. The fourth-order valence-corrected chi connectivity index (χ4v) is 3.67. The lowest BCUT2D eigenvalue weighted by Gasteiger charge is -2.07. The van der Waals surface area contributed by atoms with Gasteiger partial charge in [0.05, 0.1) is 2.88 Å². The summed E-state index contributed by atoms with van der Waals surface area (Å²) in [6.07, 6.45) is 1.05. The molecular weight excluding hydrogens is 383 g/mol. The lowest BCUT2D eigenvalue weighted by atomic mass is 10.1. The maximum atomic E-state index is 3.74. The Bertz CT molecular complexity index is 424. The van der Waals surface area contributed by atoms with Gasteiger partial charge in [0.25, 0.3) is 0 Å². The zero-order valence-corrected chi connectivity index (χ0v) is 12.6. The molecular formula is C12H10BrIS. The van der Waals surface area contributed by atoms with Crippen molar-refractivity contribution < 1.29 is 0 Å². The quantitative estimate of drug-likeness (QED) is 0.507. The highest BCUT2D eigenvalue weighted by Gasteiger charge is 2.09. The summed E-state index contributed by atoms with van der Waals surface area (Å²) in [6, 6.07) is 12.8. The average Bonchev–Trinajstić information content (AvgIpc) is 2.66. The van der Waals surface area contributed by atoms with Crippen LogP contribution in [0.15, 0.2) is 41.8 Å². The lowest BCUT2D eigenvalue weighted by Crippen LogP contribution is -1.93. The maximum absolute atomic E-state index is 3.74. The molecule has 0 N–H and O–H groups in total. The van der Waals surface area contributed by atoms with Crippen molar-refractivity contribution in [1.29, 1.82) is 0 Å². The van der Waals surface area contributed by atoms with Crippen LogP contribution < -0.4 is 0 Å². The van der Waals surface area contributed by atoms with Gasteiger partial charge >= 0.3 is 0 Å². The molecule has 0 nitrogen and oxygen atoms in total. The standard InChI is InChI=1S/C12H10BrIS/c13-11(10-7-12(14)15-8-10)6-9-4-2-1-3-5-9/h1-5,7-8,11H,6H2. The topological polar surface area (TPSA) is 0 Å². The molecule has 1 atom stereocenters. The molecule has 1 unspecified atom stereocenters. The molecule has 2 rings (SSSR count). The number of hydrogen-bond acceptors (Lipinski definition) is 1. The van der Waals surface area contributed by atoms with Crippen LogP contribution in [0, 0.1) is 2.88 Å². The molecule has 0 bridgehead atoms. The third-order valence-electron chi connectivity index (χ3n) is 2.21. The van der Waals surface area contributed by atoms with E-state index < -0.39 is 0 Å². The first-order valence-corrected chi connectivity index (χ1v) is 7.55. The van der Waals surface area contributed by atoms with E-state index in [-0.39, 0.29) is 0 Å². The summed E-state index contributed by atoms with van der Waals surface area (Å²) in [7, 11) is 0. The molecule has 0 amide bonds. The first-order valence-electron chi connectivity index (χ1n) is 4.67. The largest absolute Gasteiger partial charge is 0.137 e. The molecule has 0 fully saturated rings. The minimum atomic E-state index is 0.430. The molecule has 0 aliphatic carbocycles. The summed E-state index contributed by atoms with van der Waals surface area (Å²) in [5.74, 6) is 0. The van der Waals surface area contributed by atoms with Crippen LogP contribution in [0.25, 0.3) is 0 Å². The minimum Gasteiger partial charge on any atom is -0.137 e. The van der Waals surface area contributed by atoms with E-state index in [2.05, 4.69) is 80.3 Å². The lowest BCUT2D eigenvalue weighted by molar-refractivity contribution is 0.954. The second-order valence-corrected chi connectivity index (χ2v) is 7.25. The first-order chi connectivity index (χ1) is 7.25. The van der Waals surface area contributed by atoms with Gasteiger partial charge in [-0.05, 0) is 51.6 Å². The fourth-order valence-electron chi connectivity index (χ4n) is 1.43. The van der Waals surface area contributed by atoms with Crippen molar-refractivity contribution in [2.45, 2.75) is 11.2 Å². The van der Waals surface area contributed by atoms with Gasteiger partial charge in [0.1, 0.15) is 0 Å². The Hall–Kier alpha value is 0.130. The van der Waals surface area contributed by atoms with Crippen molar-refractivity contribution in [3.05, 3.63) is 55.8 Å². The van der Waals surface area contributed by atoms with Crippen LogP contribution in [-0.2, 0) is 6.42 Å². The van der Waals surface area contributed by atoms with Crippen molar-refractivity contribution in [2.75, 3.05) is 0 Å². The van der Waals surface area contributed by atoms with Crippen molar-refractivity contribution in [2.24, 2.45) is 0 Å². The molecule has 0 aliphatic rings. The van der Waals surface area contributed by atoms with E-state index in [0.29, 0.717) is 4.83 Å². The van der Waals surface area contributed by atoms with Gasteiger partial charge in [-0.2, -0.15) is 0 Å². The van der Waals surface area contributed by atoms with Crippen LogP contribution >= 0.6 is 49.9 Å². The van der Waals surface area contributed by atoms with Crippen LogP contribution in [0.2, 0.25) is 0 Å². The molecule has 0 saturated carbocycles. The summed E-state index contributed by atoms with van der Waals surface area (Å²) < 4.78 is 1.35. The van der Waals surface area contributed by atoms with Crippen molar-refractivity contribution >= 4 is 49.9 Å². The predicted molar refractivity (Wildman–Crippen MR) is 78.9 cm³/mol. The molecule has 15 heavy (non-hydrogen) atoms. The second kappa shape index (κ2) is 5.46. The molecule has 0 aliphatic heterocycles. The summed E-state index contributed by atoms with van der Waals surface area (Å²) >= 11 is 7.90. The highest BCUT2D eigenvalue weighted by molar-refractivity contribution is 14.1. The maximum Gasteiger partial charge on any atom is 0.0656 e. The fraction of sp³-hybridized carbons (Fsp3) is 0.167. The van der Waals surface area contributed by atoms with Crippen molar-refractivity contribution in [3.63, 3.8) is 0 Å². The average molecular weight is 393 g/mol. The van der Waals surface area contributed by atoms with Gasteiger partial charge in [-0.3, -0.25) is 0 Å². The molecule has 0 radical (unpaired) electrons. The molecule has 2 aromatic rings. The SMILES string of the molecule is BrC(Cc1ccccc1)c1csc(I)c1. The van der Waals surface area contributed by atoms with Crippen molar-refractivity contribution in [3.8, 4) is 0 Å². The number of halogens is 2. The van der Waals surface area contributed by atoms with E-state index in [1.807, 2.05) is 0 Å². The van der Waals surface area contributed by atoms with Gasteiger partial charge in [0.2, 0.25) is 0 Å². The van der Waals surface area contributed by atoms with Gasteiger partial charge in [-0.25, -0.2) is 0 Å². The Labute approximate surface area is 116 Å². The Balaban J connectivity index is 2.07. The number of thiophene rings is 1. The van der Waals surface area contributed by atoms with E-state index in [1.54, 1.807) is 11.3 Å². The number of rotatable bonds is 3. The Morgan fingerprint density at radius 1 is 1.27 bits per heavy atom. The Kier molecular flexibility index (Phi) is 4.22. The van der Waals surface area contributed by atoms with Crippen LogP contribution in [0.3, 0.4) is 0 Å². The first kappa shape index (κ1) is 11.6. The van der Waals surface area contributed by atoms with Gasteiger partial charge in [0.15, 0.2) is 0 Å². The molecule has 1 heterocycles. The van der Waals surface area contributed by atoms with Crippen LogP contribution in [-0.4, -0.2) is 0 Å². The third kappa shape index (κ3) is 3.29. The van der Waals surface area contributed by atoms with Gasteiger partial charge < -0.3 is 0 Å². The summed E-state index contributed by atoms with van der Waals surface area (Å²) in [6.45, 7) is 0. The van der Waals surface area contributed by atoms with Crippen LogP contribution in [0.5, 0.6) is 0 Å². The Morgan fingerprint density at radius 2 is 2.00 bits per heavy atom. The van der Waals surface area contributed by atoms with E-state index in [9.17, 15) is 0 Å². The molecule has 1 aromatic heterocycles. The Morgan fingerprint density at radius 3 is 2.60 bits per heavy atom. The normalized spacial score (nSPS) is 12.7. The highest BCUT2D eigenvalue weighted by Crippen LogP contribution is 2.30. The number of benzene rings is 1. The zero-order chi connectivity index (χ0) is 10.7. The predicted octanol–water partition coefficient (Wildman–Crippen LogP) is 5.03. The van der Waals surface area contributed by atoms with E-state index in [4.69, 9.17) is 0 Å². The monoisotopic (exact) mass is 392 g/mol. The third-order valence-corrected chi connectivity index (χ3v) is 4.87. The molecule has 0 spiro atoms. The zero-order valence-electron chi connectivity index (χ0n) is 7.99. The van der Waals surface area contributed by atoms with Crippen LogP contribution in [0.1, 0.15) is 16.0 Å². The van der Waals surface area contributed by atoms with Crippen LogP contribution in [0.4, 0.5) is 0 Å². The molecule has 1 aromatic carbocycles. The van der Waals surface area contributed by atoms with E-state index >= 15 is 0 Å². The molecule has 0 saturated heterocycles. The van der Waals surface area contributed by atoms with Gasteiger partial charge in [0, 0.05) is 4.83 Å². The highest BCUT2D eigenvalue weighted by atomic mass is 127.